The molecule has 0 aromatic rings. The minimum absolute atomic E-state index is 0.0174. The van der Waals surface area contributed by atoms with Crippen LogP contribution < -0.4 is 11.5 Å². The molecule has 0 spiro atoms. The molecule has 0 saturated carbocycles. The first-order chi connectivity index (χ1) is 5.60. The van der Waals surface area contributed by atoms with Gasteiger partial charge in [0.05, 0.1) is 0 Å². The number of rotatable bonds is 3. The fourth-order valence-electron chi connectivity index (χ4n) is 1.74. The van der Waals surface area contributed by atoms with Crippen molar-refractivity contribution in [2.45, 2.75) is 25.0 Å². The highest BCUT2D eigenvalue weighted by Crippen LogP contribution is 2.44. The van der Waals surface area contributed by atoms with Crippen LogP contribution in [0.1, 0.15) is 19.8 Å². The average Bonchev–Trinajstić information content (AvgIpc) is 2.32. The summed E-state index contributed by atoms with van der Waals surface area (Å²) in [6.45, 7) is 2.71. The highest BCUT2D eigenvalue weighted by molar-refractivity contribution is 8.00. The highest BCUT2D eigenvalue weighted by Gasteiger charge is 2.40. The topological polar surface area (TPSA) is 69.1 Å². The molecule has 2 atom stereocenters. The fraction of sp³-hybridized carbons (Fsp3) is 0.875. The van der Waals surface area contributed by atoms with Crippen molar-refractivity contribution in [2.24, 2.45) is 16.9 Å². The Morgan fingerprint density at radius 2 is 2.42 bits per heavy atom. The van der Waals surface area contributed by atoms with Crippen molar-refractivity contribution >= 4 is 17.7 Å². The standard InChI is InChI=1S/C8H16N2OS/c1-6-8(5-9,2-3-12-6)4-7(10)11/h6H,2-5,9H2,1H3,(H2,10,11). The molecule has 0 aromatic carbocycles. The number of hydrogen-bond acceptors (Lipinski definition) is 3. The molecule has 0 aliphatic carbocycles. The first kappa shape index (κ1) is 9.86. The molecule has 1 amide bonds. The van der Waals surface area contributed by atoms with Crippen LogP contribution in [0.2, 0.25) is 0 Å². The number of amides is 1. The monoisotopic (exact) mass is 188 g/mol. The number of thioether (sulfide) groups is 1. The third kappa shape index (κ3) is 1.75. The normalized spacial score (nSPS) is 35.3. The van der Waals surface area contributed by atoms with Gasteiger partial charge in [0.1, 0.15) is 0 Å². The molecular formula is C8H16N2OS. The van der Waals surface area contributed by atoms with E-state index in [1.54, 1.807) is 0 Å². The van der Waals surface area contributed by atoms with E-state index in [-0.39, 0.29) is 11.3 Å². The minimum Gasteiger partial charge on any atom is -0.370 e. The van der Waals surface area contributed by atoms with Gasteiger partial charge in [-0.25, -0.2) is 0 Å². The molecule has 4 N–H and O–H groups in total. The molecule has 1 fully saturated rings. The van der Waals surface area contributed by atoms with E-state index in [1.807, 2.05) is 11.8 Å². The van der Waals surface area contributed by atoms with Crippen molar-refractivity contribution in [2.75, 3.05) is 12.3 Å². The van der Waals surface area contributed by atoms with Crippen LogP contribution in [0.5, 0.6) is 0 Å². The number of hydrogen-bond donors (Lipinski definition) is 2. The molecule has 12 heavy (non-hydrogen) atoms. The van der Waals surface area contributed by atoms with Crippen LogP contribution in [0.4, 0.5) is 0 Å². The van der Waals surface area contributed by atoms with Crippen molar-refractivity contribution in [1.82, 2.24) is 0 Å². The lowest BCUT2D eigenvalue weighted by atomic mass is 9.79. The van der Waals surface area contributed by atoms with Gasteiger partial charge in [0.2, 0.25) is 5.91 Å². The lowest BCUT2D eigenvalue weighted by Gasteiger charge is -2.29. The summed E-state index contributed by atoms with van der Waals surface area (Å²) in [4.78, 5) is 10.8. The van der Waals surface area contributed by atoms with Gasteiger partial charge in [0, 0.05) is 17.1 Å². The molecule has 0 bridgehead atoms. The Labute approximate surface area is 77.3 Å². The van der Waals surface area contributed by atoms with Gasteiger partial charge in [-0.2, -0.15) is 11.8 Å². The zero-order valence-corrected chi connectivity index (χ0v) is 8.19. The SMILES string of the molecule is CC1SCCC1(CN)CC(N)=O. The summed E-state index contributed by atoms with van der Waals surface area (Å²) in [5.74, 6) is 0.876. The van der Waals surface area contributed by atoms with Gasteiger partial charge in [-0.3, -0.25) is 4.79 Å². The maximum atomic E-state index is 10.8. The smallest absolute Gasteiger partial charge is 0.218 e. The molecule has 1 saturated heterocycles. The van der Waals surface area contributed by atoms with Gasteiger partial charge in [-0.1, -0.05) is 6.92 Å². The minimum atomic E-state index is -0.227. The van der Waals surface area contributed by atoms with E-state index in [0.717, 1.165) is 12.2 Å². The molecule has 1 aliphatic heterocycles. The summed E-state index contributed by atoms with van der Waals surface area (Å²) in [5, 5.41) is 0.468. The van der Waals surface area contributed by atoms with Crippen LogP contribution in [-0.2, 0) is 4.79 Å². The van der Waals surface area contributed by atoms with E-state index in [4.69, 9.17) is 11.5 Å². The molecule has 0 radical (unpaired) electrons. The number of carbonyl (C=O) groups is 1. The Balaban J connectivity index is 2.67. The second kappa shape index (κ2) is 3.66. The van der Waals surface area contributed by atoms with Crippen LogP contribution in [0.3, 0.4) is 0 Å². The third-order valence-electron chi connectivity index (χ3n) is 2.76. The molecule has 1 rings (SSSR count). The first-order valence-electron chi connectivity index (χ1n) is 4.21. The third-order valence-corrected chi connectivity index (χ3v) is 4.20. The quantitative estimate of drug-likeness (QED) is 0.670. The Bertz CT molecular complexity index is 186. The molecule has 3 nitrogen and oxygen atoms in total. The number of carbonyl (C=O) groups excluding carboxylic acids is 1. The zero-order valence-electron chi connectivity index (χ0n) is 7.38. The Kier molecular flexibility index (Phi) is 3.01. The second-order valence-electron chi connectivity index (χ2n) is 3.47. The van der Waals surface area contributed by atoms with E-state index in [1.165, 1.54) is 0 Å². The van der Waals surface area contributed by atoms with Crippen molar-refractivity contribution in [3.05, 3.63) is 0 Å². The summed E-state index contributed by atoms with van der Waals surface area (Å²) in [6.07, 6.45) is 1.47. The maximum Gasteiger partial charge on any atom is 0.218 e. The van der Waals surface area contributed by atoms with Gasteiger partial charge in [0.25, 0.3) is 0 Å². The fourth-order valence-corrected chi connectivity index (χ4v) is 3.27. The summed E-state index contributed by atoms with van der Waals surface area (Å²) in [6, 6.07) is 0. The molecule has 70 valence electrons. The van der Waals surface area contributed by atoms with Gasteiger partial charge in [0.15, 0.2) is 0 Å². The van der Waals surface area contributed by atoms with Crippen LogP contribution in [0.25, 0.3) is 0 Å². The van der Waals surface area contributed by atoms with E-state index in [0.29, 0.717) is 18.2 Å². The molecule has 1 heterocycles. The predicted molar refractivity (Wildman–Crippen MR) is 51.8 cm³/mol. The number of nitrogens with two attached hydrogens (primary N) is 2. The number of primary amides is 1. The Hall–Kier alpha value is -0.220. The van der Waals surface area contributed by atoms with Gasteiger partial charge in [-0.15, -0.1) is 0 Å². The summed E-state index contributed by atoms with van der Waals surface area (Å²) < 4.78 is 0. The van der Waals surface area contributed by atoms with Crippen LogP contribution in [-0.4, -0.2) is 23.5 Å². The Morgan fingerprint density at radius 1 is 1.75 bits per heavy atom. The molecular weight excluding hydrogens is 172 g/mol. The van der Waals surface area contributed by atoms with Gasteiger partial charge < -0.3 is 11.5 Å². The summed E-state index contributed by atoms with van der Waals surface area (Å²) in [7, 11) is 0. The lowest BCUT2D eigenvalue weighted by molar-refractivity contribution is -0.120. The van der Waals surface area contributed by atoms with Gasteiger partial charge in [-0.05, 0) is 18.7 Å². The van der Waals surface area contributed by atoms with Crippen LogP contribution in [0.15, 0.2) is 0 Å². The van der Waals surface area contributed by atoms with Crippen molar-refractivity contribution < 1.29 is 4.79 Å². The maximum absolute atomic E-state index is 10.8. The molecule has 2 unspecified atom stereocenters. The zero-order chi connectivity index (χ0) is 9.19. The van der Waals surface area contributed by atoms with E-state index >= 15 is 0 Å². The first-order valence-corrected chi connectivity index (χ1v) is 5.25. The van der Waals surface area contributed by atoms with Crippen molar-refractivity contribution in [1.29, 1.82) is 0 Å². The van der Waals surface area contributed by atoms with Crippen LogP contribution in [0, 0.1) is 5.41 Å². The highest BCUT2D eigenvalue weighted by atomic mass is 32.2. The average molecular weight is 188 g/mol. The van der Waals surface area contributed by atoms with E-state index in [9.17, 15) is 4.79 Å². The molecule has 0 aromatic heterocycles. The van der Waals surface area contributed by atoms with E-state index < -0.39 is 0 Å². The van der Waals surface area contributed by atoms with Crippen molar-refractivity contribution in [3.63, 3.8) is 0 Å². The van der Waals surface area contributed by atoms with Crippen molar-refractivity contribution in [3.8, 4) is 0 Å². The predicted octanol–water partition coefficient (Wildman–Crippen LogP) is 0.332. The molecule has 4 heteroatoms. The second-order valence-corrected chi connectivity index (χ2v) is 4.92. The summed E-state index contributed by atoms with van der Waals surface area (Å²) >= 11 is 1.88. The summed E-state index contributed by atoms with van der Waals surface area (Å²) in [5.41, 5.74) is 10.9. The Morgan fingerprint density at radius 3 is 2.75 bits per heavy atom. The largest absolute Gasteiger partial charge is 0.370 e. The van der Waals surface area contributed by atoms with E-state index in [2.05, 4.69) is 6.92 Å². The molecule has 1 aliphatic rings. The van der Waals surface area contributed by atoms with Crippen LogP contribution >= 0.6 is 11.8 Å². The lowest BCUT2D eigenvalue weighted by Crippen LogP contribution is -2.39. The van der Waals surface area contributed by atoms with Gasteiger partial charge >= 0.3 is 0 Å².